The molecule has 6 rings (SSSR count). The van der Waals surface area contributed by atoms with Gasteiger partial charge in [0.25, 0.3) is 0 Å². The van der Waals surface area contributed by atoms with Crippen molar-refractivity contribution < 1.29 is 46.1 Å². The number of benzene rings is 4. The first-order valence-electron chi connectivity index (χ1n) is 13.9. The van der Waals surface area contributed by atoms with Gasteiger partial charge >= 0.3 is 237 Å². The Labute approximate surface area is 260 Å². The summed E-state index contributed by atoms with van der Waals surface area (Å²) in [7, 11) is 0. The van der Waals surface area contributed by atoms with E-state index in [1.54, 1.807) is 14.3 Å². The molecule has 40 heavy (non-hydrogen) atoms. The zero-order valence-electron chi connectivity index (χ0n) is 23.6. The van der Waals surface area contributed by atoms with Gasteiger partial charge in [0, 0.05) is 0 Å². The van der Waals surface area contributed by atoms with Gasteiger partial charge in [-0.15, -0.1) is 0 Å². The average molecular weight is 643 g/mol. The van der Waals surface area contributed by atoms with Crippen molar-refractivity contribution in [1.82, 2.24) is 0 Å². The molecular weight excluding hydrogens is 607 g/mol. The Morgan fingerprint density at radius 1 is 0.525 bits per heavy atom. The van der Waals surface area contributed by atoms with Crippen LogP contribution in [0.4, 0.5) is 0 Å². The summed E-state index contributed by atoms with van der Waals surface area (Å²) in [4.78, 5) is 0. The van der Waals surface area contributed by atoms with Crippen molar-refractivity contribution in [2.24, 2.45) is 0 Å². The van der Waals surface area contributed by atoms with Crippen LogP contribution in [0.25, 0.3) is 11.1 Å². The van der Waals surface area contributed by atoms with E-state index >= 15 is 0 Å². The molecule has 0 N–H and O–H groups in total. The number of rotatable bonds is 6. The smallest absolute Gasteiger partial charge is 1.00 e. The van der Waals surface area contributed by atoms with Crippen molar-refractivity contribution in [3.8, 4) is 0 Å². The number of halogens is 2. The Bertz CT molecular complexity index is 1450. The molecular formula is C37H36Cl2Zr. The van der Waals surface area contributed by atoms with Gasteiger partial charge in [0.1, 0.15) is 0 Å². The number of hydrogen-bond acceptors (Lipinski definition) is 0. The molecule has 4 aromatic carbocycles. The molecule has 4 atom stereocenters. The minimum Gasteiger partial charge on any atom is -1.00 e. The summed E-state index contributed by atoms with van der Waals surface area (Å²) in [5.41, 5.74) is 11.9. The van der Waals surface area contributed by atoms with Crippen molar-refractivity contribution >= 4 is 14.4 Å². The molecule has 2 aliphatic rings. The molecule has 4 aromatic rings. The maximum atomic E-state index is 2.69. The maximum absolute atomic E-state index is 2.69. The molecule has 0 nitrogen and oxygen atoms in total. The first kappa shape index (κ1) is 30.6. The van der Waals surface area contributed by atoms with Crippen LogP contribution in [-0.2, 0) is 21.3 Å². The molecule has 2 aliphatic carbocycles. The SMILES string of the molecule is C[C](C)=[Zr+2]([CH]1C=C(C(C)c2ccccc2)c2ccccc21)[CH]1C=C(C(C)c2ccccc2)c2ccccc21.[Cl-].[Cl-]. The van der Waals surface area contributed by atoms with Gasteiger partial charge in [-0.25, -0.2) is 0 Å². The van der Waals surface area contributed by atoms with E-state index in [0.717, 1.165) is 0 Å². The van der Waals surface area contributed by atoms with E-state index in [9.17, 15) is 0 Å². The molecule has 0 amide bonds. The normalized spacial score (nSPS) is 18.0. The quantitative estimate of drug-likeness (QED) is 0.301. The number of fused-ring (bicyclic) bond motifs is 2. The van der Waals surface area contributed by atoms with Crippen LogP contribution >= 0.6 is 0 Å². The second-order valence-electron chi connectivity index (χ2n) is 11.1. The monoisotopic (exact) mass is 640 g/mol. The van der Waals surface area contributed by atoms with Crippen LogP contribution in [0, 0.1) is 0 Å². The predicted molar refractivity (Wildman–Crippen MR) is 160 cm³/mol. The topological polar surface area (TPSA) is 0 Å². The molecule has 0 aromatic heterocycles. The van der Waals surface area contributed by atoms with Crippen LogP contribution in [0.1, 0.15) is 80.2 Å². The second kappa shape index (κ2) is 13.1. The van der Waals surface area contributed by atoms with E-state index in [2.05, 4.69) is 149 Å². The fraction of sp³-hybridized carbons (Fsp3) is 0.216. The van der Waals surface area contributed by atoms with Crippen molar-refractivity contribution in [2.75, 3.05) is 0 Å². The summed E-state index contributed by atoms with van der Waals surface area (Å²) in [6.45, 7) is 9.63. The zero-order valence-corrected chi connectivity index (χ0v) is 27.6. The standard InChI is InChI=1S/2C17H15.C3H6.2ClH.Zr/c2*1-13(14-7-3-2-4-8-14)16-12-11-15-9-5-6-10-17(15)16;1-3-2;;;/h2*2-13H,1H3;1-2H3;2*1H;/q;;;;;+2/p-2. The molecule has 202 valence electrons. The van der Waals surface area contributed by atoms with Crippen LogP contribution in [0.15, 0.2) is 121 Å². The van der Waals surface area contributed by atoms with Crippen LogP contribution in [0.5, 0.6) is 0 Å². The third-order valence-corrected chi connectivity index (χ3v) is 17.2. The van der Waals surface area contributed by atoms with E-state index in [-0.39, 0.29) is 24.8 Å². The molecule has 0 fully saturated rings. The van der Waals surface area contributed by atoms with E-state index in [0.29, 0.717) is 19.1 Å². The first-order valence-corrected chi connectivity index (χ1v) is 18.0. The minimum absolute atomic E-state index is 0. The van der Waals surface area contributed by atoms with Crippen molar-refractivity contribution in [2.45, 2.75) is 46.8 Å². The number of allylic oxidation sites excluding steroid dienone is 4. The Morgan fingerprint density at radius 3 is 1.25 bits per heavy atom. The zero-order chi connectivity index (χ0) is 26.2. The van der Waals surface area contributed by atoms with Crippen LogP contribution < -0.4 is 24.8 Å². The summed E-state index contributed by atoms with van der Waals surface area (Å²) < 4.78 is 2.81. The Balaban J connectivity index is 0.00000185. The van der Waals surface area contributed by atoms with Gasteiger partial charge in [0.05, 0.1) is 0 Å². The van der Waals surface area contributed by atoms with Gasteiger partial charge in [-0.05, 0) is 0 Å². The molecule has 0 heterocycles. The summed E-state index contributed by atoms with van der Waals surface area (Å²) in [5, 5.41) is 0. The van der Waals surface area contributed by atoms with E-state index in [1.165, 1.54) is 33.4 Å². The van der Waals surface area contributed by atoms with E-state index in [4.69, 9.17) is 0 Å². The molecule has 3 heteroatoms. The van der Waals surface area contributed by atoms with Crippen molar-refractivity contribution in [3.05, 3.63) is 155 Å². The Morgan fingerprint density at radius 2 is 0.875 bits per heavy atom. The maximum Gasteiger partial charge on any atom is -1.00 e. The summed E-state index contributed by atoms with van der Waals surface area (Å²) in [6, 6.07) is 40.6. The first-order chi connectivity index (χ1) is 18.5. The third-order valence-electron chi connectivity index (χ3n) is 8.69. The van der Waals surface area contributed by atoms with Crippen molar-refractivity contribution in [1.29, 1.82) is 0 Å². The Kier molecular flexibility index (Phi) is 10.1. The summed E-state index contributed by atoms with van der Waals surface area (Å²) in [6.07, 6.45) is 5.39. The van der Waals surface area contributed by atoms with Crippen LogP contribution in [-0.4, -0.2) is 3.21 Å². The molecule has 0 radical (unpaired) electrons. The van der Waals surface area contributed by atoms with Gasteiger partial charge in [-0.3, -0.25) is 0 Å². The molecule has 0 spiro atoms. The number of hydrogen-bond donors (Lipinski definition) is 0. The summed E-state index contributed by atoms with van der Waals surface area (Å²) >= 11 is -2.25. The predicted octanol–water partition coefficient (Wildman–Crippen LogP) is 3.71. The van der Waals surface area contributed by atoms with Crippen LogP contribution in [0.3, 0.4) is 0 Å². The largest absolute Gasteiger partial charge is 1.00 e. The van der Waals surface area contributed by atoms with Gasteiger partial charge < -0.3 is 24.8 Å². The van der Waals surface area contributed by atoms with E-state index in [1.807, 2.05) is 0 Å². The van der Waals surface area contributed by atoms with E-state index < -0.39 is 21.3 Å². The average Bonchev–Trinajstić information content (AvgIpc) is 3.53. The molecule has 0 aliphatic heterocycles. The summed E-state index contributed by atoms with van der Waals surface area (Å²) in [5.74, 6) is 0.786. The fourth-order valence-corrected chi connectivity index (χ4v) is 15.4. The Hall–Kier alpha value is -2.31. The third kappa shape index (κ3) is 5.59. The fourth-order valence-electron chi connectivity index (χ4n) is 6.71. The van der Waals surface area contributed by atoms with Gasteiger partial charge in [-0.1, -0.05) is 0 Å². The molecule has 0 saturated carbocycles. The molecule has 0 bridgehead atoms. The minimum atomic E-state index is -2.25. The van der Waals surface area contributed by atoms with Crippen LogP contribution in [0.2, 0.25) is 0 Å². The van der Waals surface area contributed by atoms with Crippen molar-refractivity contribution in [3.63, 3.8) is 0 Å². The van der Waals surface area contributed by atoms with Gasteiger partial charge in [0.15, 0.2) is 0 Å². The van der Waals surface area contributed by atoms with Gasteiger partial charge in [-0.2, -0.15) is 0 Å². The van der Waals surface area contributed by atoms with Gasteiger partial charge in [0.2, 0.25) is 0 Å². The molecule has 4 unspecified atom stereocenters. The molecule has 0 saturated heterocycles. The second-order valence-corrected chi connectivity index (χ2v) is 18.8.